The second-order valence-corrected chi connectivity index (χ2v) is 8.33. The Morgan fingerprint density at radius 1 is 1.18 bits per heavy atom. The zero-order valence-corrected chi connectivity index (χ0v) is 18.9. The quantitative estimate of drug-likeness (QED) is 0.630. The molecule has 1 atom stereocenters. The minimum atomic E-state index is -1.52. The van der Waals surface area contributed by atoms with Crippen LogP contribution < -0.4 is 19.9 Å². The number of aromatic nitrogens is 2. The summed E-state index contributed by atoms with van der Waals surface area (Å²) in [5.41, 5.74) is 1.33. The summed E-state index contributed by atoms with van der Waals surface area (Å²) in [5.74, 6) is -3.10. The van der Waals surface area contributed by atoms with Gasteiger partial charge in [-0.1, -0.05) is 0 Å². The maximum absolute atomic E-state index is 13.4. The summed E-state index contributed by atoms with van der Waals surface area (Å²) < 4.78 is 50.5. The second-order valence-electron chi connectivity index (χ2n) is 8.33. The maximum atomic E-state index is 13.4. The van der Waals surface area contributed by atoms with Crippen molar-refractivity contribution in [1.29, 1.82) is 0 Å². The lowest BCUT2D eigenvalue weighted by Gasteiger charge is -2.40. The average Bonchev–Trinajstić information content (AvgIpc) is 2.74. The van der Waals surface area contributed by atoms with Gasteiger partial charge in [0.2, 0.25) is 11.9 Å². The number of anilines is 3. The van der Waals surface area contributed by atoms with Crippen molar-refractivity contribution in [2.45, 2.75) is 44.9 Å². The molecular formula is C22H26F3N5O3. The molecule has 4 rings (SSSR count). The van der Waals surface area contributed by atoms with Gasteiger partial charge in [0.1, 0.15) is 23.6 Å². The van der Waals surface area contributed by atoms with Crippen molar-refractivity contribution in [3.05, 3.63) is 35.3 Å². The van der Waals surface area contributed by atoms with Gasteiger partial charge in [0.25, 0.3) is 0 Å². The van der Waals surface area contributed by atoms with Crippen LogP contribution in [0.5, 0.6) is 5.75 Å². The van der Waals surface area contributed by atoms with Crippen LogP contribution in [-0.4, -0.2) is 61.4 Å². The first-order chi connectivity index (χ1) is 15.7. The molecule has 178 valence electrons. The lowest BCUT2D eigenvalue weighted by molar-refractivity contribution is -0.120. The van der Waals surface area contributed by atoms with Gasteiger partial charge in [-0.15, -0.1) is 0 Å². The monoisotopic (exact) mass is 465 g/mol. The fraction of sp³-hybridized carbons (Fsp3) is 0.500. The van der Waals surface area contributed by atoms with Crippen LogP contribution in [-0.2, 0) is 9.53 Å². The van der Waals surface area contributed by atoms with Crippen LogP contribution in [0.15, 0.2) is 12.1 Å². The number of carbonyl (C=O) groups is 1. The summed E-state index contributed by atoms with van der Waals surface area (Å²) >= 11 is 0. The van der Waals surface area contributed by atoms with E-state index in [1.54, 1.807) is 12.0 Å². The number of hydrogen-bond donors (Lipinski definition) is 1. The molecule has 0 radical (unpaired) electrons. The molecule has 33 heavy (non-hydrogen) atoms. The number of rotatable bonds is 7. The number of hydrogen-bond acceptors (Lipinski definition) is 7. The third-order valence-corrected chi connectivity index (χ3v) is 6.06. The van der Waals surface area contributed by atoms with Crippen LogP contribution in [0.1, 0.15) is 25.5 Å². The summed E-state index contributed by atoms with van der Waals surface area (Å²) in [6.45, 7) is 4.45. The van der Waals surface area contributed by atoms with Crippen molar-refractivity contribution >= 4 is 23.4 Å². The number of carbonyl (C=O) groups excluding carboxylic acids is 1. The molecule has 0 bridgehead atoms. The standard InChI is InChI=1S/C22H26F3N5O3/c1-11-19-20(29(3)12(2)21(31)30(19)5-6-32-4)28-22(26-11)27-13-7-14(8-13)33-15-9-16(23)18(25)17(24)10-15/h9-10,12-14H,5-8H2,1-4H3,(H,26,27,28)/t12-,13?,14?/m0/s1. The molecule has 11 heteroatoms. The SMILES string of the molecule is COCCN1C(=O)[C@H](C)N(C)c2nc(NC3CC(Oc4cc(F)c(F)c(F)c4)C3)nc(C)c21. The molecule has 1 amide bonds. The number of aryl methyl sites for hydroxylation is 1. The average molecular weight is 465 g/mol. The highest BCUT2D eigenvalue weighted by molar-refractivity contribution is 6.05. The Balaban J connectivity index is 1.44. The van der Waals surface area contributed by atoms with Gasteiger partial charge >= 0.3 is 0 Å². The first kappa shape index (κ1) is 23.1. The van der Waals surface area contributed by atoms with Crippen LogP contribution in [0.2, 0.25) is 0 Å². The fourth-order valence-corrected chi connectivity index (χ4v) is 4.02. The van der Waals surface area contributed by atoms with Crippen LogP contribution in [0, 0.1) is 24.4 Å². The smallest absolute Gasteiger partial charge is 0.249 e. The van der Waals surface area contributed by atoms with E-state index in [0.717, 1.165) is 12.1 Å². The molecule has 2 aromatic rings. The molecule has 0 saturated heterocycles. The normalized spacial score (nSPS) is 22.2. The molecule has 1 fully saturated rings. The fourth-order valence-electron chi connectivity index (χ4n) is 4.02. The molecule has 8 nitrogen and oxygen atoms in total. The van der Waals surface area contributed by atoms with Crippen LogP contribution >= 0.6 is 0 Å². The van der Waals surface area contributed by atoms with Gasteiger partial charge in [-0.25, -0.2) is 18.2 Å². The zero-order valence-electron chi connectivity index (χ0n) is 18.9. The number of nitrogens with one attached hydrogen (secondary N) is 1. The van der Waals surface area contributed by atoms with Gasteiger partial charge in [-0.05, 0) is 13.8 Å². The molecule has 2 heterocycles. The number of amides is 1. The largest absolute Gasteiger partial charge is 0.490 e. The van der Waals surface area contributed by atoms with Crippen molar-refractivity contribution in [3.63, 3.8) is 0 Å². The zero-order chi connectivity index (χ0) is 23.9. The van der Waals surface area contributed by atoms with Crippen LogP contribution in [0.4, 0.5) is 30.6 Å². The van der Waals surface area contributed by atoms with E-state index in [1.807, 2.05) is 25.8 Å². The van der Waals surface area contributed by atoms with Gasteiger partial charge < -0.3 is 24.6 Å². The molecule has 1 aliphatic heterocycles. The highest BCUT2D eigenvalue weighted by Gasteiger charge is 2.37. The Morgan fingerprint density at radius 2 is 1.85 bits per heavy atom. The topological polar surface area (TPSA) is 79.8 Å². The Morgan fingerprint density at radius 3 is 2.48 bits per heavy atom. The van der Waals surface area contributed by atoms with E-state index in [1.165, 1.54) is 0 Å². The lowest BCUT2D eigenvalue weighted by Crippen LogP contribution is -2.52. The Hall–Kier alpha value is -3.08. The Labute approximate surface area is 189 Å². The van der Waals surface area contributed by atoms with Crippen molar-refractivity contribution in [2.24, 2.45) is 0 Å². The number of likely N-dealkylation sites (N-methyl/N-ethyl adjacent to an activating group) is 1. The molecule has 0 spiro atoms. The molecule has 1 aromatic heterocycles. The minimum absolute atomic E-state index is 0.000129. The molecule has 0 unspecified atom stereocenters. The molecule has 1 aliphatic carbocycles. The molecule has 2 aliphatic rings. The minimum Gasteiger partial charge on any atom is -0.490 e. The number of methoxy groups -OCH3 is 1. The van der Waals surface area contributed by atoms with Crippen molar-refractivity contribution in [3.8, 4) is 5.75 Å². The highest BCUT2D eigenvalue weighted by Crippen LogP contribution is 2.37. The predicted octanol–water partition coefficient (Wildman–Crippen LogP) is 3.04. The van der Waals surface area contributed by atoms with Crippen molar-refractivity contribution < 1.29 is 27.4 Å². The summed E-state index contributed by atoms with van der Waals surface area (Å²) in [7, 11) is 3.40. The first-order valence-corrected chi connectivity index (χ1v) is 10.7. The van der Waals surface area contributed by atoms with Gasteiger partial charge in [0.15, 0.2) is 23.3 Å². The van der Waals surface area contributed by atoms with Crippen LogP contribution in [0.25, 0.3) is 0 Å². The highest BCUT2D eigenvalue weighted by atomic mass is 19.2. The Bertz CT molecular complexity index is 1040. The number of nitrogens with zero attached hydrogens (tertiary/aromatic N) is 4. The summed E-state index contributed by atoms with van der Waals surface area (Å²) in [6.07, 6.45) is 0.852. The number of halogens is 3. The van der Waals surface area contributed by atoms with E-state index < -0.39 is 17.5 Å². The third kappa shape index (κ3) is 4.41. The predicted molar refractivity (Wildman–Crippen MR) is 116 cm³/mol. The second kappa shape index (κ2) is 9.05. The Kier molecular flexibility index (Phi) is 6.33. The number of fused-ring (bicyclic) bond motifs is 1. The lowest BCUT2D eigenvalue weighted by atomic mass is 9.89. The van der Waals surface area contributed by atoms with Gasteiger partial charge in [0.05, 0.1) is 12.3 Å². The summed E-state index contributed by atoms with van der Waals surface area (Å²) in [6, 6.07) is 1.29. The molecule has 1 N–H and O–H groups in total. The third-order valence-electron chi connectivity index (χ3n) is 6.06. The molecule has 1 saturated carbocycles. The van der Waals surface area contributed by atoms with Gasteiger partial charge in [-0.3, -0.25) is 4.79 Å². The van der Waals surface area contributed by atoms with E-state index >= 15 is 0 Å². The summed E-state index contributed by atoms with van der Waals surface area (Å²) in [4.78, 5) is 25.5. The molecule has 1 aromatic carbocycles. The first-order valence-electron chi connectivity index (χ1n) is 10.7. The number of ether oxygens (including phenoxy) is 2. The van der Waals surface area contributed by atoms with Crippen molar-refractivity contribution in [1.82, 2.24) is 9.97 Å². The van der Waals surface area contributed by atoms with E-state index in [4.69, 9.17) is 9.47 Å². The van der Waals surface area contributed by atoms with E-state index in [9.17, 15) is 18.0 Å². The van der Waals surface area contributed by atoms with Gasteiger partial charge in [-0.2, -0.15) is 4.98 Å². The van der Waals surface area contributed by atoms with E-state index in [2.05, 4.69) is 15.3 Å². The van der Waals surface area contributed by atoms with Gasteiger partial charge in [0, 0.05) is 51.7 Å². The van der Waals surface area contributed by atoms with E-state index in [0.29, 0.717) is 49.1 Å². The van der Waals surface area contributed by atoms with Crippen LogP contribution in [0.3, 0.4) is 0 Å². The van der Waals surface area contributed by atoms with Crippen molar-refractivity contribution in [2.75, 3.05) is 42.4 Å². The summed E-state index contributed by atoms with van der Waals surface area (Å²) in [5, 5.41) is 3.26. The van der Waals surface area contributed by atoms with E-state index in [-0.39, 0.29) is 29.8 Å². The molecular weight excluding hydrogens is 439 g/mol. The number of benzene rings is 1. The maximum Gasteiger partial charge on any atom is 0.249 e.